The van der Waals surface area contributed by atoms with E-state index in [4.69, 9.17) is 5.73 Å². The predicted molar refractivity (Wildman–Crippen MR) is 64.5 cm³/mol. The number of hydrogen-bond donors (Lipinski definition) is 2. The van der Waals surface area contributed by atoms with E-state index in [1.165, 1.54) is 0 Å². The van der Waals surface area contributed by atoms with E-state index in [1.54, 1.807) is 36.1 Å². The molecule has 0 saturated heterocycles. The van der Waals surface area contributed by atoms with Crippen molar-refractivity contribution in [3.63, 3.8) is 0 Å². The summed E-state index contributed by atoms with van der Waals surface area (Å²) in [7, 11) is 1.78. The van der Waals surface area contributed by atoms with Gasteiger partial charge in [0.15, 0.2) is 11.5 Å². The Morgan fingerprint density at radius 2 is 2.29 bits per heavy atom. The number of pyridine rings is 1. The molecule has 2 rings (SSSR count). The minimum absolute atomic E-state index is 0.320. The van der Waals surface area contributed by atoms with Gasteiger partial charge in [0.1, 0.15) is 0 Å². The topological polar surface area (TPSA) is 85.8 Å². The molecule has 0 saturated carbocycles. The fraction of sp³-hybridized carbons (Fsp3) is 0.182. The van der Waals surface area contributed by atoms with Crippen molar-refractivity contribution in [1.29, 1.82) is 0 Å². The number of nitrogens with two attached hydrogens (primary N) is 1. The number of nitrogens with zero attached hydrogens (tertiary/aromatic N) is 3. The van der Waals surface area contributed by atoms with Crippen LogP contribution in [0.5, 0.6) is 0 Å². The van der Waals surface area contributed by atoms with Gasteiger partial charge in [0.05, 0.1) is 5.69 Å². The maximum Gasteiger partial charge on any atom is 0.277 e. The Morgan fingerprint density at radius 1 is 1.53 bits per heavy atom. The number of carbonyl (C=O) groups is 1. The molecular weight excluding hydrogens is 218 g/mol. The minimum atomic E-state index is -0.320. The second kappa shape index (κ2) is 4.25. The molecule has 0 atom stereocenters. The van der Waals surface area contributed by atoms with E-state index in [0.29, 0.717) is 17.2 Å². The Kier molecular flexibility index (Phi) is 2.78. The number of nitrogen functional groups attached to an aromatic ring is 1. The molecule has 0 aliphatic carbocycles. The van der Waals surface area contributed by atoms with E-state index in [0.717, 1.165) is 5.69 Å². The molecule has 0 aromatic carbocycles. The van der Waals surface area contributed by atoms with Gasteiger partial charge < -0.3 is 11.1 Å². The Balaban J connectivity index is 2.20. The lowest BCUT2D eigenvalue weighted by atomic mass is 10.3. The quantitative estimate of drug-likeness (QED) is 0.806. The van der Waals surface area contributed by atoms with Crippen LogP contribution >= 0.6 is 0 Å². The molecular formula is C11H13N5O. The molecule has 3 N–H and O–H groups in total. The van der Waals surface area contributed by atoms with Gasteiger partial charge >= 0.3 is 0 Å². The van der Waals surface area contributed by atoms with Gasteiger partial charge in [-0.25, -0.2) is 4.98 Å². The van der Waals surface area contributed by atoms with Crippen molar-refractivity contribution in [2.75, 3.05) is 11.1 Å². The molecule has 88 valence electrons. The molecule has 2 aromatic heterocycles. The summed E-state index contributed by atoms with van der Waals surface area (Å²) >= 11 is 0. The van der Waals surface area contributed by atoms with Crippen molar-refractivity contribution >= 4 is 17.4 Å². The van der Waals surface area contributed by atoms with Gasteiger partial charge in [-0.15, -0.1) is 0 Å². The van der Waals surface area contributed by atoms with Crippen molar-refractivity contribution in [2.24, 2.45) is 7.05 Å². The number of aromatic nitrogens is 3. The summed E-state index contributed by atoms with van der Waals surface area (Å²) in [5.41, 5.74) is 7.35. The number of hydrogen-bond acceptors (Lipinski definition) is 4. The summed E-state index contributed by atoms with van der Waals surface area (Å²) in [6.07, 6.45) is 1.57. The largest absolute Gasteiger partial charge is 0.396 e. The van der Waals surface area contributed by atoms with Crippen molar-refractivity contribution in [1.82, 2.24) is 14.8 Å². The lowest BCUT2D eigenvalue weighted by Gasteiger charge is -2.04. The molecule has 0 radical (unpaired) electrons. The first-order valence-corrected chi connectivity index (χ1v) is 5.10. The van der Waals surface area contributed by atoms with Gasteiger partial charge in [0, 0.05) is 18.9 Å². The molecule has 0 fully saturated rings. The number of carbonyl (C=O) groups excluding carboxylic acids is 1. The van der Waals surface area contributed by atoms with Crippen LogP contribution in [0.25, 0.3) is 0 Å². The van der Waals surface area contributed by atoms with E-state index in [2.05, 4.69) is 15.4 Å². The van der Waals surface area contributed by atoms with Crippen LogP contribution in [0.2, 0.25) is 0 Å². The first-order chi connectivity index (χ1) is 8.08. The summed E-state index contributed by atoms with van der Waals surface area (Å²) in [6.45, 7) is 1.87. The van der Waals surface area contributed by atoms with Crippen LogP contribution in [-0.2, 0) is 7.05 Å². The first kappa shape index (κ1) is 11.1. The Bertz CT molecular complexity index is 541. The molecule has 6 heteroatoms. The molecule has 0 bridgehead atoms. The predicted octanol–water partition coefficient (Wildman–Crippen LogP) is 0.958. The third-order valence-corrected chi connectivity index (χ3v) is 2.42. The van der Waals surface area contributed by atoms with E-state index in [1.807, 2.05) is 6.92 Å². The zero-order valence-corrected chi connectivity index (χ0v) is 9.64. The second-order valence-electron chi connectivity index (χ2n) is 3.69. The highest BCUT2D eigenvalue weighted by atomic mass is 16.2. The standard InChI is InChI=1S/C11H13N5O/c1-7-6-9(15-16(7)2)11(17)14-10-8(12)4-3-5-13-10/h3-6H,12H2,1-2H3,(H,13,14,17). The SMILES string of the molecule is Cc1cc(C(=O)Nc2ncccc2N)nn1C. The number of aryl methyl sites for hydroxylation is 2. The zero-order valence-electron chi connectivity index (χ0n) is 9.64. The molecule has 2 heterocycles. The van der Waals surface area contributed by atoms with Gasteiger partial charge in [0.25, 0.3) is 5.91 Å². The van der Waals surface area contributed by atoms with Crippen LogP contribution in [-0.4, -0.2) is 20.7 Å². The van der Waals surface area contributed by atoms with Crippen LogP contribution in [0.15, 0.2) is 24.4 Å². The Labute approximate surface area is 98.5 Å². The Morgan fingerprint density at radius 3 is 2.88 bits per heavy atom. The number of amides is 1. The summed E-state index contributed by atoms with van der Waals surface area (Å²) in [5.74, 6) is 0.0277. The molecule has 2 aromatic rings. The average Bonchev–Trinajstić information content (AvgIpc) is 2.63. The third-order valence-electron chi connectivity index (χ3n) is 2.42. The number of rotatable bonds is 2. The van der Waals surface area contributed by atoms with Crippen molar-refractivity contribution in [3.8, 4) is 0 Å². The summed E-state index contributed by atoms with van der Waals surface area (Å²) in [4.78, 5) is 15.8. The smallest absolute Gasteiger partial charge is 0.277 e. The van der Waals surface area contributed by atoms with E-state index in [-0.39, 0.29) is 5.91 Å². The molecule has 0 spiro atoms. The summed E-state index contributed by atoms with van der Waals surface area (Å²) in [6, 6.07) is 5.08. The average molecular weight is 231 g/mol. The third kappa shape index (κ3) is 2.25. The van der Waals surface area contributed by atoms with Gasteiger partial charge in [-0.2, -0.15) is 5.10 Å². The fourth-order valence-electron chi connectivity index (χ4n) is 1.37. The van der Waals surface area contributed by atoms with Gasteiger partial charge in [-0.1, -0.05) is 0 Å². The fourth-order valence-corrected chi connectivity index (χ4v) is 1.37. The van der Waals surface area contributed by atoms with Crippen LogP contribution in [0.1, 0.15) is 16.2 Å². The lowest BCUT2D eigenvalue weighted by molar-refractivity contribution is 0.102. The van der Waals surface area contributed by atoms with Crippen molar-refractivity contribution < 1.29 is 4.79 Å². The number of nitrogens with one attached hydrogen (secondary N) is 1. The van der Waals surface area contributed by atoms with Crippen molar-refractivity contribution in [2.45, 2.75) is 6.92 Å². The van der Waals surface area contributed by atoms with E-state index >= 15 is 0 Å². The highest BCUT2D eigenvalue weighted by Gasteiger charge is 2.12. The van der Waals surface area contributed by atoms with Gasteiger partial charge in [-0.05, 0) is 25.1 Å². The number of anilines is 2. The Hall–Kier alpha value is -2.37. The molecule has 17 heavy (non-hydrogen) atoms. The molecule has 1 amide bonds. The zero-order chi connectivity index (χ0) is 12.4. The summed E-state index contributed by atoms with van der Waals surface area (Å²) < 4.78 is 1.64. The van der Waals surface area contributed by atoms with Crippen molar-refractivity contribution in [3.05, 3.63) is 35.8 Å². The first-order valence-electron chi connectivity index (χ1n) is 5.10. The van der Waals surface area contributed by atoms with E-state index < -0.39 is 0 Å². The maximum atomic E-state index is 11.8. The monoisotopic (exact) mass is 231 g/mol. The van der Waals surface area contributed by atoms with E-state index in [9.17, 15) is 4.79 Å². The molecule has 0 unspecified atom stereocenters. The molecule has 0 aliphatic rings. The van der Waals surface area contributed by atoms with Crippen LogP contribution in [0, 0.1) is 6.92 Å². The normalized spacial score (nSPS) is 10.2. The summed E-state index contributed by atoms with van der Waals surface area (Å²) in [5, 5.41) is 6.69. The minimum Gasteiger partial charge on any atom is -0.396 e. The van der Waals surface area contributed by atoms with Crippen LogP contribution in [0.4, 0.5) is 11.5 Å². The van der Waals surface area contributed by atoms with Crippen LogP contribution in [0.3, 0.4) is 0 Å². The van der Waals surface area contributed by atoms with Crippen LogP contribution < -0.4 is 11.1 Å². The molecule has 0 aliphatic heterocycles. The second-order valence-corrected chi connectivity index (χ2v) is 3.69. The highest BCUT2D eigenvalue weighted by Crippen LogP contribution is 2.14. The highest BCUT2D eigenvalue weighted by molar-refractivity contribution is 6.03. The van der Waals surface area contributed by atoms with Gasteiger partial charge in [-0.3, -0.25) is 9.48 Å². The van der Waals surface area contributed by atoms with Gasteiger partial charge in [0.2, 0.25) is 0 Å². The molecule has 6 nitrogen and oxygen atoms in total. The lowest BCUT2D eigenvalue weighted by Crippen LogP contribution is -2.15. The maximum absolute atomic E-state index is 11.8.